The van der Waals surface area contributed by atoms with E-state index in [1.165, 1.54) is 22.3 Å². The predicted octanol–water partition coefficient (Wildman–Crippen LogP) is 10.2. The highest BCUT2D eigenvalue weighted by molar-refractivity contribution is 5.55. The maximum atomic E-state index is 10.1. The van der Waals surface area contributed by atoms with E-state index < -0.39 is 12.2 Å². The lowest BCUT2D eigenvalue weighted by atomic mass is 9.87. The van der Waals surface area contributed by atoms with Crippen LogP contribution in [0.25, 0.3) is 0 Å². The standard InChI is InChI=1S/C40H50O2/c1-27(17-13-19-29(3)21-23-37-31(5)25-39(41)35(9)33(37)7)15-11-12-16-28(2)18-14-20-30(4)22-24-38-32(6)26-40(42)36(10)34(38)8/h11-26,39-42H,1-10H3/b15-11+,16-12+,19-13+,20-14+,27-17+,28-18+,29-21+,30-22+,37-23+,38-24+. The Labute approximate surface area is 255 Å². The van der Waals surface area contributed by atoms with E-state index in [2.05, 4.69) is 127 Å². The summed E-state index contributed by atoms with van der Waals surface area (Å²) >= 11 is 0. The van der Waals surface area contributed by atoms with Crippen molar-refractivity contribution in [2.75, 3.05) is 0 Å². The molecule has 0 saturated carbocycles. The zero-order chi connectivity index (χ0) is 31.4. The molecule has 0 heterocycles. The second-order valence-corrected chi connectivity index (χ2v) is 11.4. The van der Waals surface area contributed by atoms with Gasteiger partial charge in [-0.2, -0.15) is 0 Å². The van der Waals surface area contributed by atoms with Crippen molar-refractivity contribution in [3.8, 4) is 0 Å². The molecule has 2 atom stereocenters. The Balaban J connectivity index is 1.92. The van der Waals surface area contributed by atoms with Crippen LogP contribution in [0.15, 0.2) is 164 Å². The van der Waals surface area contributed by atoms with Crippen molar-refractivity contribution in [3.63, 3.8) is 0 Å². The van der Waals surface area contributed by atoms with E-state index in [4.69, 9.17) is 0 Å². The Kier molecular flexibility index (Phi) is 13.7. The summed E-state index contributed by atoms with van der Waals surface area (Å²) in [6, 6.07) is 0. The molecule has 0 aromatic rings. The number of aliphatic hydroxyl groups is 2. The van der Waals surface area contributed by atoms with Crippen molar-refractivity contribution >= 4 is 0 Å². The van der Waals surface area contributed by atoms with Gasteiger partial charge in [-0.3, -0.25) is 0 Å². The van der Waals surface area contributed by atoms with Gasteiger partial charge in [0.25, 0.3) is 0 Å². The molecule has 222 valence electrons. The Morgan fingerprint density at radius 2 is 0.810 bits per heavy atom. The van der Waals surface area contributed by atoms with Crippen LogP contribution in [0.5, 0.6) is 0 Å². The normalized spacial score (nSPS) is 24.1. The Hall–Kier alpha value is -3.72. The molecule has 0 amide bonds. The van der Waals surface area contributed by atoms with Gasteiger partial charge in [-0.15, -0.1) is 0 Å². The van der Waals surface area contributed by atoms with Crippen LogP contribution in [-0.2, 0) is 0 Å². The second kappa shape index (κ2) is 16.7. The third-order valence-corrected chi connectivity index (χ3v) is 7.84. The zero-order valence-corrected chi connectivity index (χ0v) is 27.3. The molecule has 0 aromatic carbocycles. The molecule has 2 rings (SSSR count). The quantitative estimate of drug-likeness (QED) is 0.274. The average Bonchev–Trinajstić information content (AvgIpc) is 2.92. The topological polar surface area (TPSA) is 40.5 Å². The minimum absolute atomic E-state index is 0.474. The molecule has 2 N–H and O–H groups in total. The van der Waals surface area contributed by atoms with Crippen LogP contribution in [0, 0.1) is 0 Å². The summed E-state index contributed by atoms with van der Waals surface area (Å²) in [5.74, 6) is 0. The summed E-state index contributed by atoms with van der Waals surface area (Å²) < 4.78 is 0. The van der Waals surface area contributed by atoms with Gasteiger partial charge in [0.1, 0.15) is 0 Å². The summed E-state index contributed by atoms with van der Waals surface area (Å²) in [4.78, 5) is 0. The molecule has 2 nitrogen and oxygen atoms in total. The van der Waals surface area contributed by atoms with Crippen LogP contribution in [0.2, 0.25) is 0 Å². The number of aliphatic hydroxyl groups excluding tert-OH is 2. The molecule has 0 radical (unpaired) electrons. The molecule has 2 heteroatoms. The van der Waals surface area contributed by atoms with E-state index >= 15 is 0 Å². The van der Waals surface area contributed by atoms with E-state index in [1.807, 2.05) is 39.8 Å². The highest BCUT2D eigenvalue weighted by Gasteiger charge is 2.18. The molecule has 0 fully saturated rings. The zero-order valence-electron chi connectivity index (χ0n) is 27.3. The largest absolute Gasteiger partial charge is 0.385 e. The first-order chi connectivity index (χ1) is 19.8. The summed E-state index contributed by atoms with van der Waals surface area (Å²) in [5, 5.41) is 20.2. The number of hydrogen-bond acceptors (Lipinski definition) is 2. The predicted molar refractivity (Wildman–Crippen MR) is 184 cm³/mol. The Morgan fingerprint density at radius 3 is 1.17 bits per heavy atom. The Morgan fingerprint density at radius 1 is 0.500 bits per heavy atom. The molecule has 2 unspecified atom stereocenters. The van der Waals surface area contributed by atoms with Gasteiger partial charge in [0.15, 0.2) is 0 Å². The van der Waals surface area contributed by atoms with Crippen molar-refractivity contribution < 1.29 is 10.2 Å². The number of allylic oxidation sites excluding steroid dienone is 24. The van der Waals surface area contributed by atoms with Gasteiger partial charge in [0.2, 0.25) is 0 Å². The first kappa shape index (κ1) is 34.5. The fourth-order valence-electron chi connectivity index (χ4n) is 4.65. The summed E-state index contributed by atoms with van der Waals surface area (Å²) in [6.07, 6.45) is 32.3. The van der Waals surface area contributed by atoms with Crippen LogP contribution >= 0.6 is 0 Å². The average molecular weight is 563 g/mol. The van der Waals surface area contributed by atoms with Crippen molar-refractivity contribution in [2.24, 2.45) is 0 Å². The smallest absolute Gasteiger partial charge is 0.0940 e. The summed E-state index contributed by atoms with van der Waals surface area (Å²) in [5.41, 5.74) is 13.6. The SMILES string of the molecule is CC1=CC(O)C(C)=C(C)/C1=C/C=C(C)/C=C/C=C(C)/C=C/C=C/C(C)=C/C=C/C(C)=C/C=C1\C(C)=CC(O)C(C)=C1C. The third-order valence-electron chi connectivity index (χ3n) is 7.84. The minimum atomic E-state index is -0.474. The molecule has 0 spiro atoms. The first-order valence-corrected chi connectivity index (χ1v) is 14.7. The van der Waals surface area contributed by atoms with Crippen LogP contribution in [0.4, 0.5) is 0 Å². The van der Waals surface area contributed by atoms with Crippen molar-refractivity contribution in [3.05, 3.63) is 164 Å². The van der Waals surface area contributed by atoms with Crippen molar-refractivity contribution in [2.45, 2.75) is 81.4 Å². The van der Waals surface area contributed by atoms with Gasteiger partial charge >= 0.3 is 0 Å². The molecule has 42 heavy (non-hydrogen) atoms. The van der Waals surface area contributed by atoms with Gasteiger partial charge < -0.3 is 10.2 Å². The van der Waals surface area contributed by atoms with Gasteiger partial charge in [0, 0.05) is 0 Å². The maximum absolute atomic E-state index is 10.1. The van der Waals surface area contributed by atoms with Gasteiger partial charge in [-0.05, 0) is 126 Å². The van der Waals surface area contributed by atoms with Gasteiger partial charge in [-0.25, -0.2) is 0 Å². The van der Waals surface area contributed by atoms with Crippen LogP contribution in [0.3, 0.4) is 0 Å². The van der Waals surface area contributed by atoms with Gasteiger partial charge in [-0.1, -0.05) is 107 Å². The fourth-order valence-corrected chi connectivity index (χ4v) is 4.65. The van der Waals surface area contributed by atoms with Crippen molar-refractivity contribution in [1.82, 2.24) is 0 Å². The fraction of sp³-hybridized carbons (Fsp3) is 0.300. The highest BCUT2D eigenvalue weighted by atomic mass is 16.3. The number of rotatable bonds is 9. The van der Waals surface area contributed by atoms with Crippen LogP contribution in [0.1, 0.15) is 69.2 Å². The summed E-state index contributed by atoms with van der Waals surface area (Å²) in [6.45, 7) is 20.6. The van der Waals surface area contributed by atoms with E-state index in [9.17, 15) is 10.2 Å². The molecule has 0 aliphatic heterocycles. The molecular formula is C40H50O2. The second-order valence-electron chi connectivity index (χ2n) is 11.4. The number of hydrogen-bond donors (Lipinski definition) is 2. The van der Waals surface area contributed by atoms with Gasteiger partial charge in [0.05, 0.1) is 12.2 Å². The molecular weight excluding hydrogens is 512 g/mol. The molecule has 2 aliphatic carbocycles. The maximum Gasteiger partial charge on any atom is 0.0940 e. The summed E-state index contributed by atoms with van der Waals surface area (Å²) in [7, 11) is 0. The first-order valence-electron chi connectivity index (χ1n) is 14.7. The van der Waals surface area contributed by atoms with E-state index in [0.29, 0.717) is 0 Å². The lowest BCUT2D eigenvalue weighted by molar-refractivity contribution is 0.255. The van der Waals surface area contributed by atoms with Crippen LogP contribution in [-0.4, -0.2) is 22.4 Å². The third kappa shape index (κ3) is 10.6. The van der Waals surface area contributed by atoms with E-state index in [0.717, 1.165) is 44.6 Å². The van der Waals surface area contributed by atoms with E-state index in [1.54, 1.807) is 0 Å². The molecule has 0 aromatic heterocycles. The Bertz CT molecular complexity index is 1340. The monoisotopic (exact) mass is 562 g/mol. The molecule has 0 bridgehead atoms. The minimum Gasteiger partial charge on any atom is -0.385 e. The van der Waals surface area contributed by atoms with Crippen molar-refractivity contribution in [1.29, 1.82) is 0 Å². The van der Waals surface area contributed by atoms with E-state index in [-0.39, 0.29) is 0 Å². The highest BCUT2D eigenvalue weighted by Crippen LogP contribution is 2.30. The lowest BCUT2D eigenvalue weighted by Gasteiger charge is -2.21. The van der Waals surface area contributed by atoms with Crippen LogP contribution < -0.4 is 0 Å². The lowest BCUT2D eigenvalue weighted by Crippen LogP contribution is -2.13. The molecule has 0 saturated heterocycles. The molecule has 2 aliphatic rings.